The lowest BCUT2D eigenvalue weighted by Gasteiger charge is -2.23. The molecule has 1 saturated heterocycles. The molecule has 0 unspecified atom stereocenters. The van der Waals surface area contributed by atoms with Crippen molar-refractivity contribution in [1.29, 1.82) is 0 Å². The lowest BCUT2D eigenvalue weighted by Crippen LogP contribution is -3.14. The molecule has 1 aliphatic heterocycles. The number of nitrogens with zero attached hydrogens (tertiary/aromatic N) is 3. The zero-order valence-electron chi connectivity index (χ0n) is 18.1. The number of nitrogen functional groups attached to an aromatic ring is 1. The molecule has 1 fully saturated rings. The average molecular weight is 427 g/mol. The molecule has 0 spiro atoms. The Labute approximate surface area is 180 Å². The highest BCUT2D eigenvalue weighted by atomic mass is 16.5. The van der Waals surface area contributed by atoms with Crippen molar-refractivity contribution in [2.24, 2.45) is 0 Å². The smallest absolute Gasteiger partial charge is 0.278 e. The Balaban J connectivity index is 1.72. The maximum atomic E-state index is 13.2. The number of carbonyl (C=O) groups is 1. The highest BCUT2D eigenvalue weighted by molar-refractivity contribution is 6.00. The van der Waals surface area contributed by atoms with Gasteiger partial charge in [0.2, 0.25) is 11.5 Å². The fraction of sp³-hybridized carbons (Fsp3) is 0.455. The molecular formula is C22H30N6O3+2. The Bertz CT molecular complexity index is 1180. The number of ether oxygens (including phenoxy) is 1. The molecule has 0 aliphatic carbocycles. The summed E-state index contributed by atoms with van der Waals surface area (Å²) < 4.78 is 8.68. The third kappa shape index (κ3) is 4.11. The number of quaternary nitrogens is 1. The predicted octanol–water partition coefficient (Wildman–Crippen LogP) is -0.919. The molecule has 0 bridgehead atoms. The Kier molecular flexibility index (Phi) is 6.15. The number of aryl methyl sites for hydroxylation is 2. The van der Waals surface area contributed by atoms with E-state index in [9.17, 15) is 9.59 Å². The van der Waals surface area contributed by atoms with Crippen LogP contribution in [0.3, 0.4) is 0 Å². The van der Waals surface area contributed by atoms with E-state index in [0.29, 0.717) is 41.2 Å². The number of nitrogens with one attached hydrogen (secondary N) is 2. The molecule has 1 aliphatic rings. The van der Waals surface area contributed by atoms with E-state index in [1.165, 1.54) is 9.30 Å². The number of rotatable bonds is 6. The average Bonchev–Trinajstić information content (AvgIpc) is 2.77. The van der Waals surface area contributed by atoms with Crippen LogP contribution in [0.2, 0.25) is 0 Å². The molecule has 4 heterocycles. The molecule has 0 radical (unpaired) electrons. The minimum Gasteiger partial charge on any atom is -0.370 e. The number of anilines is 1. The van der Waals surface area contributed by atoms with Crippen LogP contribution in [-0.4, -0.2) is 54.7 Å². The molecule has 9 nitrogen and oxygen atoms in total. The minimum atomic E-state index is -0.273. The molecule has 4 N–H and O–H groups in total. The first-order chi connectivity index (χ1) is 15.0. The summed E-state index contributed by atoms with van der Waals surface area (Å²) in [5, 5.41) is 3.35. The first kappa shape index (κ1) is 21.2. The lowest BCUT2D eigenvalue weighted by molar-refractivity contribution is -0.906. The van der Waals surface area contributed by atoms with Crippen LogP contribution in [0.1, 0.15) is 29.3 Å². The summed E-state index contributed by atoms with van der Waals surface area (Å²) in [4.78, 5) is 32.3. The molecule has 3 aromatic rings. The van der Waals surface area contributed by atoms with Gasteiger partial charge in [-0.2, -0.15) is 0 Å². The zero-order chi connectivity index (χ0) is 22.0. The molecular weight excluding hydrogens is 396 g/mol. The first-order valence-electron chi connectivity index (χ1n) is 10.8. The molecule has 1 amide bonds. The predicted molar refractivity (Wildman–Crippen MR) is 117 cm³/mol. The number of nitrogens with two attached hydrogens (primary N) is 1. The molecule has 4 rings (SSSR count). The molecule has 164 valence electrons. The van der Waals surface area contributed by atoms with Gasteiger partial charge in [0.1, 0.15) is 24.0 Å². The summed E-state index contributed by atoms with van der Waals surface area (Å²) in [6.07, 6.45) is 2.49. The van der Waals surface area contributed by atoms with Crippen LogP contribution in [0.4, 0.5) is 5.82 Å². The number of pyridine rings is 2. The monoisotopic (exact) mass is 426 g/mol. The number of carbonyl (C=O) groups excluding carboxylic acids is 1. The molecule has 0 aromatic carbocycles. The standard InChI is InChI=1S/C22H28N6O3/c1-3-7-27-18(23)16(21(29)24-6-9-26-10-12-31-13-11-26)14-17-20(27)25-19-15(2)5-4-8-28(19)22(17)30/h4-5,8,14,23H,3,6-7,9-13H2,1-2H3,(H,24,29)/p+2. The van der Waals surface area contributed by atoms with E-state index in [-0.39, 0.29) is 11.5 Å². The van der Waals surface area contributed by atoms with Crippen LogP contribution in [0.25, 0.3) is 16.7 Å². The molecule has 3 aromatic heterocycles. The molecule has 9 heteroatoms. The van der Waals surface area contributed by atoms with Gasteiger partial charge in [0.15, 0.2) is 0 Å². The van der Waals surface area contributed by atoms with Gasteiger partial charge < -0.3 is 20.7 Å². The van der Waals surface area contributed by atoms with E-state index in [1.54, 1.807) is 16.8 Å². The van der Waals surface area contributed by atoms with Crippen molar-refractivity contribution in [1.82, 2.24) is 14.7 Å². The third-order valence-corrected chi connectivity index (χ3v) is 5.83. The zero-order valence-corrected chi connectivity index (χ0v) is 18.1. The maximum absolute atomic E-state index is 13.2. The highest BCUT2D eigenvalue weighted by Crippen LogP contribution is 2.16. The van der Waals surface area contributed by atoms with E-state index >= 15 is 0 Å². The number of hydrogen-bond acceptors (Lipinski definition) is 5. The second-order valence-electron chi connectivity index (χ2n) is 8.00. The van der Waals surface area contributed by atoms with Crippen LogP contribution in [0.15, 0.2) is 29.2 Å². The quantitative estimate of drug-likeness (QED) is 0.349. The Morgan fingerprint density at radius 1 is 1.39 bits per heavy atom. The van der Waals surface area contributed by atoms with Crippen molar-refractivity contribution in [2.75, 3.05) is 45.1 Å². The summed E-state index contributed by atoms with van der Waals surface area (Å²) in [6, 6.07) is 5.31. The molecule has 0 atom stereocenters. The van der Waals surface area contributed by atoms with Gasteiger partial charge in [-0.3, -0.25) is 14.0 Å². The van der Waals surface area contributed by atoms with Crippen LogP contribution in [0.5, 0.6) is 0 Å². The number of aromatic nitrogens is 3. The van der Waals surface area contributed by atoms with Gasteiger partial charge in [-0.05, 0) is 25.5 Å². The van der Waals surface area contributed by atoms with Crippen molar-refractivity contribution in [3.05, 3.63) is 45.9 Å². The summed E-state index contributed by atoms with van der Waals surface area (Å²) in [5.41, 5.74) is 8.51. The summed E-state index contributed by atoms with van der Waals surface area (Å²) in [5.74, 6) is 0.0565. The SMILES string of the molecule is CCC[n+]1c(N)c(C(=O)NCC[NH+]2CCOCC2)cc2c(=O)n3cccc(C)c3nc21. The van der Waals surface area contributed by atoms with Crippen molar-refractivity contribution in [2.45, 2.75) is 26.8 Å². The first-order valence-corrected chi connectivity index (χ1v) is 10.8. The fourth-order valence-corrected chi connectivity index (χ4v) is 4.10. The third-order valence-electron chi connectivity index (χ3n) is 5.83. The second kappa shape index (κ2) is 8.99. The van der Waals surface area contributed by atoms with Gasteiger partial charge in [0.25, 0.3) is 17.1 Å². The topological polar surface area (TPSA) is 107 Å². The van der Waals surface area contributed by atoms with Crippen LogP contribution in [0, 0.1) is 6.92 Å². The van der Waals surface area contributed by atoms with Gasteiger partial charge in [-0.1, -0.05) is 18.0 Å². The van der Waals surface area contributed by atoms with Crippen molar-refractivity contribution < 1.29 is 19.0 Å². The Morgan fingerprint density at radius 2 is 2.16 bits per heavy atom. The number of hydrogen-bond donors (Lipinski definition) is 3. The number of amides is 1. The van der Waals surface area contributed by atoms with Crippen molar-refractivity contribution in [3.63, 3.8) is 0 Å². The van der Waals surface area contributed by atoms with E-state index in [0.717, 1.165) is 44.8 Å². The summed E-state index contributed by atoms with van der Waals surface area (Å²) in [6.45, 7) is 9.26. The maximum Gasteiger partial charge on any atom is 0.278 e. The fourth-order valence-electron chi connectivity index (χ4n) is 4.10. The highest BCUT2D eigenvalue weighted by Gasteiger charge is 2.24. The van der Waals surface area contributed by atoms with Crippen molar-refractivity contribution >= 4 is 28.4 Å². The van der Waals surface area contributed by atoms with Gasteiger partial charge >= 0.3 is 0 Å². The van der Waals surface area contributed by atoms with Gasteiger partial charge in [-0.25, -0.2) is 4.57 Å². The number of morpholine rings is 1. The Hall–Kier alpha value is -3.04. The van der Waals surface area contributed by atoms with Crippen LogP contribution in [-0.2, 0) is 11.3 Å². The van der Waals surface area contributed by atoms with E-state index in [2.05, 4.69) is 5.32 Å². The molecule has 0 saturated carbocycles. The van der Waals surface area contributed by atoms with Gasteiger partial charge in [-0.15, -0.1) is 0 Å². The van der Waals surface area contributed by atoms with Crippen LogP contribution < -0.4 is 26.1 Å². The molecule has 31 heavy (non-hydrogen) atoms. The largest absolute Gasteiger partial charge is 0.370 e. The van der Waals surface area contributed by atoms with E-state index < -0.39 is 0 Å². The lowest BCUT2D eigenvalue weighted by atomic mass is 10.1. The van der Waals surface area contributed by atoms with Gasteiger partial charge in [0, 0.05) is 11.8 Å². The summed E-state index contributed by atoms with van der Waals surface area (Å²) in [7, 11) is 0. The number of fused-ring (bicyclic) bond motifs is 2. The van der Waals surface area contributed by atoms with Crippen molar-refractivity contribution in [3.8, 4) is 0 Å². The van der Waals surface area contributed by atoms with E-state index in [4.69, 9.17) is 15.5 Å². The van der Waals surface area contributed by atoms with Crippen LogP contribution >= 0.6 is 0 Å². The minimum absolute atomic E-state index is 0.208. The Morgan fingerprint density at radius 3 is 2.90 bits per heavy atom. The summed E-state index contributed by atoms with van der Waals surface area (Å²) >= 11 is 0. The van der Waals surface area contributed by atoms with Gasteiger partial charge in [0.05, 0.1) is 32.8 Å². The normalized spacial score (nSPS) is 14.9. The second-order valence-corrected chi connectivity index (χ2v) is 8.00. The van der Waals surface area contributed by atoms with E-state index in [1.807, 2.05) is 26.0 Å².